The summed E-state index contributed by atoms with van der Waals surface area (Å²) in [6.45, 7) is 9.29. The molecule has 0 aromatic heterocycles. The molecule has 2 aromatic rings. The lowest BCUT2D eigenvalue weighted by Gasteiger charge is -2.28. The van der Waals surface area contributed by atoms with E-state index in [9.17, 15) is 39.6 Å². The highest BCUT2D eigenvalue weighted by Gasteiger charge is 2.18. The number of hydrogen-bond acceptors (Lipinski definition) is 10. The summed E-state index contributed by atoms with van der Waals surface area (Å²) in [5.74, 6) is -2.09. The van der Waals surface area contributed by atoms with Gasteiger partial charge in [0.05, 0.1) is 0 Å². The van der Waals surface area contributed by atoms with E-state index in [1.54, 1.807) is 21.9 Å². The molecule has 0 fully saturated rings. The first kappa shape index (κ1) is 37.1. The van der Waals surface area contributed by atoms with Crippen LogP contribution < -0.4 is 21.3 Å². The molecular weight excluding hydrogens is 596 g/mol. The maximum atomic E-state index is 13.2. The normalized spacial score (nSPS) is 10.5. The fourth-order valence-corrected chi connectivity index (χ4v) is 4.27. The van der Waals surface area contributed by atoms with Gasteiger partial charge in [-0.1, -0.05) is 25.3 Å². The fourth-order valence-electron chi connectivity index (χ4n) is 4.27. The minimum absolute atomic E-state index is 0.125. The maximum Gasteiger partial charge on any atom is 0.243 e. The van der Waals surface area contributed by atoms with E-state index in [4.69, 9.17) is 0 Å². The summed E-state index contributed by atoms with van der Waals surface area (Å²) in [5, 5.41) is 49.8. The van der Waals surface area contributed by atoms with Gasteiger partial charge < -0.3 is 51.5 Å². The number of benzene rings is 2. The van der Waals surface area contributed by atoms with Gasteiger partial charge in [0.25, 0.3) is 0 Å². The van der Waals surface area contributed by atoms with Crippen molar-refractivity contribution < 1.29 is 39.6 Å². The molecule has 0 bridgehead atoms. The molecule has 250 valence electrons. The maximum absolute atomic E-state index is 13.2. The molecule has 14 nitrogen and oxygen atoms in total. The average Bonchev–Trinajstić information content (AvgIpc) is 3.04. The number of carbonyl (C=O) groups excluding carboxylic acids is 4. The average molecular weight is 641 g/mol. The summed E-state index contributed by atoms with van der Waals surface area (Å²) >= 11 is 0. The third kappa shape index (κ3) is 13.7. The first-order valence-corrected chi connectivity index (χ1v) is 14.8. The summed E-state index contributed by atoms with van der Waals surface area (Å²) in [4.78, 5) is 52.8. The molecule has 2 rings (SSSR count). The molecule has 0 spiro atoms. The van der Waals surface area contributed by atoms with Crippen LogP contribution in [-0.4, -0.2) is 106 Å². The van der Waals surface area contributed by atoms with E-state index >= 15 is 0 Å². The lowest BCUT2D eigenvalue weighted by molar-refractivity contribution is -0.135. The molecular formula is C32H44N6O8. The van der Waals surface area contributed by atoms with Gasteiger partial charge in [0.15, 0.2) is 23.0 Å². The van der Waals surface area contributed by atoms with Crippen molar-refractivity contribution in [3.8, 4) is 23.0 Å². The topological polar surface area (TPSA) is 204 Å². The smallest absolute Gasteiger partial charge is 0.243 e. The molecule has 0 saturated carbocycles. The van der Waals surface area contributed by atoms with E-state index in [0.717, 1.165) is 23.3 Å². The van der Waals surface area contributed by atoms with Crippen LogP contribution in [0.2, 0.25) is 0 Å². The van der Waals surface area contributed by atoms with Crippen molar-refractivity contribution >= 4 is 23.6 Å². The zero-order valence-corrected chi connectivity index (χ0v) is 25.8. The van der Waals surface area contributed by atoms with Crippen LogP contribution in [0.25, 0.3) is 0 Å². The SMILES string of the molecule is C=CC(=O)NCCN(CCN(CCNC(=O)C=C)C(=O)CCNCc1ccc(O)c(O)c1)C(=O)CCNCc1ccc(O)c(O)c1. The van der Waals surface area contributed by atoms with E-state index < -0.39 is 0 Å². The van der Waals surface area contributed by atoms with Crippen LogP contribution in [0.15, 0.2) is 61.7 Å². The number of nitrogens with zero attached hydrogens (tertiary/aromatic N) is 2. The van der Waals surface area contributed by atoms with Gasteiger partial charge in [-0.3, -0.25) is 19.2 Å². The van der Waals surface area contributed by atoms with Crippen LogP contribution in [0.4, 0.5) is 0 Å². The lowest BCUT2D eigenvalue weighted by atomic mass is 10.2. The van der Waals surface area contributed by atoms with Crippen LogP contribution >= 0.6 is 0 Å². The Kier molecular flexibility index (Phi) is 16.2. The fraction of sp³-hybridized carbons (Fsp3) is 0.375. The van der Waals surface area contributed by atoms with E-state index in [1.807, 2.05) is 0 Å². The number of carbonyl (C=O) groups is 4. The Morgan fingerprint density at radius 2 is 0.978 bits per heavy atom. The Balaban J connectivity index is 1.97. The number of rotatable bonds is 21. The summed E-state index contributed by atoms with van der Waals surface area (Å²) in [5.41, 5.74) is 1.44. The van der Waals surface area contributed by atoms with Crippen molar-refractivity contribution in [3.05, 3.63) is 72.8 Å². The predicted molar refractivity (Wildman–Crippen MR) is 172 cm³/mol. The summed E-state index contributed by atoms with van der Waals surface area (Å²) in [7, 11) is 0. The number of phenolic OH excluding ortho intramolecular Hbond substituents is 4. The lowest BCUT2D eigenvalue weighted by Crippen LogP contribution is -2.46. The molecule has 46 heavy (non-hydrogen) atoms. The van der Waals surface area contributed by atoms with Crippen molar-refractivity contribution in [2.24, 2.45) is 0 Å². The largest absolute Gasteiger partial charge is 0.504 e. The Labute approximate surface area is 268 Å². The molecule has 0 aliphatic rings. The molecule has 14 heteroatoms. The number of phenols is 4. The zero-order valence-electron chi connectivity index (χ0n) is 25.8. The second kappa shape index (κ2) is 20.0. The molecule has 0 saturated heterocycles. The van der Waals surface area contributed by atoms with E-state index in [-0.39, 0.29) is 98.7 Å². The Bertz CT molecular complexity index is 1250. The predicted octanol–water partition coefficient (Wildman–Crippen LogP) is 0.430. The highest BCUT2D eigenvalue weighted by molar-refractivity contribution is 5.87. The Morgan fingerprint density at radius 3 is 1.33 bits per heavy atom. The van der Waals surface area contributed by atoms with E-state index in [0.29, 0.717) is 26.2 Å². The number of hydrogen-bond donors (Lipinski definition) is 8. The standard InChI is InChI=1S/C32H44N6O8/c1-3-29(43)35-13-15-37(31(45)9-11-33-21-23-5-7-25(39)27(41)19-23)17-18-38(16-14-36-30(44)4-2)32(46)10-12-34-22-24-6-8-26(40)28(42)20-24/h3-8,19-20,33-34,39-42H,1-2,9-18,21-22H2,(H,35,43)(H,36,44). The Morgan fingerprint density at radius 1 is 0.587 bits per heavy atom. The van der Waals surface area contributed by atoms with Crippen molar-refractivity contribution in [2.45, 2.75) is 25.9 Å². The molecule has 0 unspecified atom stereocenters. The molecule has 0 heterocycles. The number of amides is 4. The van der Waals surface area contributed by atoms with Gasteiger partial charge in [0.2, 0.25) is 23.6 Å². The third-order valence-electron chi connectivity index (χ3n) is 6.85. The van der Waals surface area contributed by atoms with Crippen molar-refractivity contribution in [1.82, 2.24) is 31.1 Å². The number of nitrogens with one attached hydrogen (secondary N) is 4. The van der Waals surface area contributed by atoms with Gasteiger partial charge in [-0.05, 0) is 47.5 Å². The second-order valence-electron chi connectivity index (χ2n) is 10.3. The molecule has 0 atom stereocenters. The van der Waals surface area contributed by atoms with Crippen LogP contribution in [0.1, 0.15) is 24.0 Å². The van der Waals surface area contributed by atoms with E-state index in [2.05, 4.69) is 34.4 Å². The van der Waals surface area contributed by atoms with Gasteiger partial charge in [-0.15, -0.1) is 0 Å². The molecule has 0 radical (unpaired) electrons. The molecule has 4 amide bonds. The second-order valence-corrected chi connectivity index (χ2v) is 10.3. The minimum Gasteiger partial charge on any atom is -0.504 e. The summed E-state index contributed by atoms with van der Waals surface area (Å²) in [6.07, 6.45) is 2.51. The molecule has 8 N–H and O–H groups in total. The monoisotopic (exact) mass is 640 g/mol. The van der Waals surface area contributed by atoms with Crippen molar-refractivity contribution in [1.29, 1.82) is 0 Å². The summed E-state index contributed by atoms with van der Waals surface area (Å²) in [6, 6.07) is 8.91. The quantitative estimate of drug-likeness (QED) is 0.0537. The van der Waals surface area contributed by atoms with Crippen LogP contribution in [0, 0.1) is 0 Å². The van der Waals surface area contributed by atoms with Crippen molar-refractivity contribution in [3.63, 3.8) is 0 Å². The zero-order chi connectivity index (χ0) is 33.9. The summed E-state index contributed by atoms with van der Waals surface area (Å²) < 4.78 is 0. The van der Waals surface area contributed by atoms with Gasteiger partial charge in [-0.2, -0.15) is 0 Å². The van der Waals surface area contributed by atoms with E-state index in [1.165, 1.54) is 24.3 Å². The number of aromatic hydroxyl groups is 4. The highest BCUT2D eigenvalue weighted by atomic mass is 16.3. The van der Waals surface area contributed by atoms with Gasteiger partial charge >= 0.3 is 0 Å². The van der Waals surface area contributed by atoms with Crippen LogP contribution in [0.5, 0.6) is 23.0 Å². The van der Waals surface area contributed by atoms with Crippen molar-refractivity contribution in [2.75, 3.05) is 52.4 Å². The van der Waals surface area contributed by atoms with Gasteiger partial charge in [-0.25, -0.2) is 0 Å². The third-order valence-corrected chi connectivity index (χ3v) is 6.85. The van der Waals surface area contributed by atoms with Crippen LogP contribution in [0.3, 0.4) is 0 Å². The van der Waals surface area contributed by atoms with Crippen LogP contribution in [-0.2, 0) is 32.3 Å². The first-order valence-electron chi connectivity index (χ1n) is 14.8. The molecule has 0 aliphatic carbocycles. The highest BCUT2D eigenvalue weighted by Crippen LogP contribution is 2.25. The first-order chi connectivity index (χ1) is 22.0. The molecule has 2 aromatic carbocycles. The minimum atomic E-state index is -0.379. The Hall–Kier alpha value is -5.08. The van der Waals surface area contributed by atoms with Gasteiger partial charge in [0.1, 0.15) is 0 Å². The molecule has 0 aliphatic heterocycles. The van der Waals surface area contributed by atoms with Gasteiger partial charge in [0, 0.05) is 78.3 Å².